The summed E-state index contributed by atoms with van der Waals surface area (Å²) in [7, 11) is 0. The highest BCUT2D eigenvalue weighted by Crippen LogP contribution is 2.05. The van der Waals surface area contributed by atoms with Gasteiger partial charge in [-0.15, -0.1) is 0 Å². The summed E-state index contributed by atoms with van der Waals surface area (Å²) >= 11 is 4.62. The Balaban J connectivity index is 3.14. The molecule has 0 rings (SSSR count). The zero-order valence-electron chi connectivity index (χ0n) is 8.96. The van der Waals surface area contributed by atoms with E-state index in [0.29, 0.717) is 19.4 Å². The number of hydrogen-bond acceptors (Lipinski definition) is 3. The monoisotopic (exact) mass is 216 g/mol. The highest BCUT2D eigenvalue weighted by atomic mass is 32.1. The Morgan fingerprint density at radius 3 is 2.64 bits per heavy atom. The fourth-order valence-corrected chi connectivity index (χ4v) is 1.26. The number of esters is 1. The second kappa shape index (κ2) is 10.6. The molecule has 2 nitrogen and oxygen atoms in total. The standard InChI is InChI=1S/C11H20O2S/c1-2-3-4-5-6-8-11(12)13-9-7-10-14/h10H,2-9H2,1H3. The first kappa shape index (κ1) is 13.6. The first-order valence-corrected chi connectivity index (χ1v) is 5.87. The molecule has 0 spiro atoms. The maximum absolute atomic E-state index is 11.1. The maximum atomic E-state index is 11.1. The highest BCUT2D eigenvalue weighted by molar-refractivity contribution is 7.78. The van der Waals surface area contributed by atoms with Crippen molar-refractivity contribution >= 4 is 23.6 Å². The third-order valence-corrected chi connectivity index (χ3v) is 2.22. The molecule has 0 saturated carbocycles. The van der Waals surface area contributed by atoms with E-state index in [1.54, 1.807) is 5.37 Å². The number of carbonyl (C=O) groups is 1. The van der Waals surface area contributed by atoms with Crippen LogP contribution in [0.4, 0.5) is 0 Å². The first-order valence-electron chi connectivity index (χ1n) is 5.40. The average molecular weight is 216 g/mol. The van der Waals surface area contributed by atoms with Crippen molar-refractivity contribution in [2.45, 2.75) is 51.9 Å². The summed E-state index contributed by atoms with van der Waals surface area (Å²) in [6, 6.07) is 0. The van der Waals surface area contributed by atoms with E-state index >= 15 is 0 Å². The van der Waals surface area contributed by atoms with Crippen molar-refractivity contribution in [3.63, 3.8) is 0 Å². The van der Waals surface area contributed by atoms with Crippen LogP contribution in [0.1, 0.15) is 51.9 Å². The summed E-state index contributed by atoms with van der Waals surface area (Å²) in [6.07, 6.45) is 7.05. The number of thiocarbonyl (C=S) groups is 1. The summed E-state index contributed by atoms with van der Waals surface area (Å²) in [4.78, 5) is 11.1. The van der Waals surface area contributed by atoms with E-state index in [0.717, 1.165) is 12.8 Å². The maximum Gasteiger partial charge on any atom is 0.305 e. The molecule has 0 aliphatic heterocycles. The van der Waals surface area contributed by atoms with Gasteiger partial charge in [0, 0.05) is 12.8 Å². The number of ether oxygens (including phenoxy) is 1. The molecule has 3 heteroatoms. The summed E-state index contributed by atoms with van der Waals surface area (Å²) < 4.78 is 4.95. The van der Waals surface area contributed by atoms with Gasteiger partial charge in [-0.3, -0.25) is 4.79 Å². The number of carbonyl (C=O) groups excluding carboxylic acids is 1. The zero-order chi connectivity index (χ0) is 10.6. The number of rotatable bonds is 9. The van der Waals surface area contributed by atoms with Gasteiger partial charge in [-0.25, -0.2) is 0 Å². The van der Waals surface area contributed by atoms with Crippen LogP contribution < -0.4 is 0 Å². The lowest BCUT2D eigenvalue weighted by atomic mass is 10.1. The molecule has 0 amide bonds. The predicted molar refractivity (Wildman–Crippen MR) is 62.6 cm³/mol. The Morgan fingerprint density at radius 2 is 2.00 bits per heavy atom. The molecular weight excluding hydrogens is 196 g/mol. The lowest BCUT2D eigenvalue weighted by Gasteiger charge is -2.02. The van der Waals surface area contributed by atoms with Crippen molar-refractivity contribution in [1.82, 2.24) is 0 Å². The van der Waals surface area contributed by atoms with Gasteiger partial charge in [-0.2, -0.15) is 0 Å². The van der Waals surface area contributed by atoms with E-state index in [4.69, 9.17) is 4.74 Å². The van der Waals surface area contributed by atoms with Crippen LogP contribution in [0.15, 0.2) is 0 Å². The minimum Gasteiger partial charge on any atom is -0.465 e. The molecule has 0 unspecified atom stereocenters. The van der Waals surface area contributed by atoms with E-state index in [1.807, 2.05) is 0 Å². The minimum atomic E-state index is -0.0849. The van der Waals surface area contributed by atoms with Crippen LogP contribution in [-0.2, 0) is 9.53 Å². The van der Waals surface area contributed by atoms with E-state index in [1.165, 1.54) is 19.3 Å². The minimum absolute atomic E-state index is 0.0849. The fourth-order valence-electron chi connectivity index (χ4n) is 1.17. The molecule has 14 heavy (non-hydrogen) atoms. The van der Waals surface area contributed by atoms with Gasteiger partial charge in [0.25, 0.3) is 0 Å². The predicted octanol–water partition coefficient (Wildman–Crippen LogP) is 3.28. The normalized spacial score (nSPS) is 9.79. The van der Waals surface area contributed by atoms with Crippen molar-refractivity contribution in [3.8, 4) is 0 Å². The molecule has 0 aliphatic carbocycles. The Hall–Kier alpha value is -0.440. The van der Waals surface area contributed by atoms with E-state index in [9.17, 15) is 4.79 Å². The van der Waals surface area contributed by atoms with Crippen LogP contribution in [0.5, 0.6) is 0 Å². The van der Waals surface area contributed by atoms with Crippen LogP contribution in [-0.4, -0.2) is 17.9 Å². The molecule has 82 valence electrons. The van der Waals surface area contributed by atoms with Gasteiger partial charge in [0.1, 0.15) is 0 Å². The quantitative estimate of drug-likeness (QED) is 0.336. The lowest BCUT2D eigenvalue weighted by molar-refractivity contribution is -0.143. The SMILES string of the molecule is CCCCCCCC(=O)OCCC=S. The lowest BCUT2D eigenvalue weighted by Crippen LogP contribution is -2.05. The van der Waals surface area contributed by atoms with Gasteiger partial charge < -0.3 is 4.74 Å². The molecule has 0 aromatic carbocycles. The first-order chi connectivity index (χ1) is 6.81. The Labute approximate surface area is 92.0 Å². The molecule has 0 saturated heterocycles. The van der Waals surface area contributed by atoms with E-state index < -0.39 is 0 Å². The topological polar surface area (TPSA) is 26.3 Å². The third-order valence-electron chi connectivity index (χ3n) is 1.98. The number of hydrogen-bond donors (Lipinski definition) is 0. The molecule has 0 aromatic heterocycles. The van der Waals surface area contributed by atoms with Gasteiger partial charge in [0.15, 0.2) is 0 Å². The third kappa shape index (κ3) is 9.65. The van der Waals surface area contributed by atoms with Crippen molar-refractivity contribution in [3.05, 3.63) is 0 Å². The Bertz CT molecular complexity index is 157. The van der Waals surface area contributed by atoms with Gasteiger partial charge in [0.2, 0.25) is 0 Å². The summed E-state index contributed by atoms with van der Waals surface area (Å²) in [6.45, 7) is 2.62. The van der Waals surface area contributed by atoms with Gasteiger partial charge >= 0.3 is 5.97 Å². The van der Waals surface area contributed by atoms with Crippen LogP contribution in [0.3, 0.4) is 0 Å². The molecule has 0 aliphatic rings. The fraction of sp³-hybridized carbons (Fsp3) is 0.818. The summed E-state index contributed by atoms with van der Waals surface area (Å²) in [5, 5.41) is 1.59. The molecule has 0 aromatic rings. The van der Waals surface area contributed by atoms with Crippen molar-refractivity contribution in [2.75, 3.05) is 6.61 Å². The van der Waals surface area contributed by atoms with Crippen LogP contribution in [0.2, 0.25) is 0 Å². The van der Waals surface area contributed by atoms with Crippen LogP contribution in [0.25, 0.3) is 0 Å². The molecule has 0 N–H and O–H groups in total. The molecule has 0 atom stereocenters. The van der Waals surface area contributed by atoms with Crippen LogP contribution in [0, 0.1) is 0 Å². The molecule has 0 bridgehead atoms. The Morgan fingerprint density at radius 1 is 1.29 bits per heavy atom. The highest BCUT2D eigenvalue weighted by Gasteiger charge is 2.00. The van der Waals surface area contributed by atoms with Crippen molar-refractivity contribution < 1.29 is 9.53 Å². The van der Waals surface area contributed by atoms with Crippen molar-refractivity contribution in [1.29, 1.82) is 0 Å². The van der Waals surface area contributed by atoms with Crippen LogP contribution >= 0.6 is 12.2 Å². The average Bonchev–Trinajstić information content (AvgIpc) is 2.18. The Kier molecular flexibility index (Phi) is 10.3. The second-order valence-corrected chi connectivity index (χ2v) is 3.67. The molecular formula is C11H20O2S. The summed E-state index contributed by atoms with van der Waals surface area (Å²) in [5.41, 5.74) is 0. The smallest absolute Gasteiger partial charge is 0.305 e. The second-order valence-electron chi connectivity index (χ2n) is 3.34. The number of unbranched alkanes of at least 4 members (excludes halogenated alkanes) is 4. The van der Waals surface area contributed by atoms with E-state index in [2.05, 4.69) is 19.1 Å². The molecule has 0 heterocycles. The van der Waals surface area contributed by atoms with Gasteiger partial charge in [-0.1, -0.05) is 44.8 Å². The van der Waals surface area contributed by atoms with Gasteiger partial charge in [0.05, 0.1) is 6.61 Å². The van der Waals surface area contributed by atoms with E-state index in [-0.39, 0.29) is 5.97 Å². The summed E-state index contributed by atoms with van der Waals surface area (Å²) in [5.74, 6) is -0.0849. The molecule has 0 radical (unpaired) electrons. The largest absolute Gasteiger partial charge is 0.465 e. The van der Waals surface area contributed by atoms with Gasteiger partial charge in [-0.05, 0) is 11.8 Å². The molecule has 0 fully saturated rings. The van der Waals surface area contributed by atoms with Crippen molar-refractivity contribution in [2.24, 2.45) is 0 Å². The zero-order valence-corrected chi connectivity index (χ0v) is 9.78.